The summed E-state index contributed by atoms with van der Waals surface area (Å²) in [5.41, 5.74) is 0.586. The number of anilines is 1. The van der Waals surface area contributed by atoms with Crippen LogP contribution in [-0.4, -0.2) is 18.1 Å². The van der Waals surface area contributed by atoms with Crippen LogP contribution < -0.4 is 10.1 Å². The molecule has 2 rings (SSSR count). The highest BCUT2D eigenvalue weighted by Crippen LogP contribution is 2.36. The van der Waals surface area contributed by atoms with E-state index >= 15 is 0 Å². The number of nitrogens with one attached hydrogen (secondary N) is 1. The summed E-state index contributed by atoms with van der Waals surface area (Å²) in [7, 11) is 0. The zero-order valence-corrected chi connectivity index (χ0v) is 9.81. The van der Waals surface area contributed by atoms with E-state index < -0.39 is 0 Å². The van der Waals surface area contributed by atoms with E-state index in [0.29, 0.717) is 24.0 Å². The predicted octanol–water partition coefficient (Wildman–Crippen LogP) is 2.82. The predicted molar refractivity (Wildman–Crippen MR) is 65.5 cm³/mol. The maximum absolute atomic E-state index is 11.1. The van der Waals surface area contributed by atoms with Crippen molar-refractivity contribution in [2.45, 2.75) is 19.8 Å². The van der Waals surface area contributed by atoms with E-state index in [1.807, 2.05) is 6.92 Å². The van der Waals surface area contributed by atoms with Gasteiger partial charge in [-0.05, 0) is 37.8 Å². The first-order valence-corrected chi connectivity index (χ1v) is 5.86. The number of benzene rings is 1. The fourth-order valence-electron chi connectivity index (χ4n) is 1.70. The average Bonchev–Trinajstić information content (AvgIpc) is 3.10. The largest absolute Gasteiger partial charge is 0.487 e. The van der Waals surface area contributed by atoms with Crippen molar-refractivity contribution in [3.05, 3.63) is 28.3 Å². The van der Waals surface area contributed by atoms with E-state index in [1.165, 1.54) is 12.8 Å². The van der Waals surface area contributed by atoms with Gasteiger partial charge in [0.2, 0.25) is 0 Å². The van der Waals surface area contributed by atoms with Crippen LogP contribution in [0.2, 0.25) is 0 Å². The Labute approximate surface area is 99.9 Å². The highest BCUT2D eigenvalue weighted by Gasteiger charge is 2.24. The Morgan fingerprint density at radius 2 is 2.29 bits per heavy atom. The molecule has 0 aromatic heterocycles. The summed E-state index contributed by atoms with van der Waals surface area (Å²) in [5, 5.41) is 14.2. The summed E-state index contributed by atoms with van der Waals surface area (Å²) < 4.78 is 5.28. The molecule has 1 aliphatic rings. The lowest BCUT2D eigenvalue weighted by molar-refractivity contribution is -0.384. The van der Waals surface area contributed by atoms with Gasteiger partial charge in [0.15, 0.2) is 5.75 Å². The lowest BCUT2D eigenvalue weighted by Crippen LogP contribution is -2.07. The van der Waals surface area contributed by atoms with Crippen LogP contribution in [-0.2, 0) is 0 Å². The molecule has 0 bridgehead atoms. The van der Waals surface area contributed by atoms with Crippen molar-refractivity contribution < 1.29 is 9.66 Å². The van der Waals surface area contributed by atoms with E-state index in [2.05, 4.69) is 5.32 Å². The van der Waals surface area contributed by atoms with Gasteiger partial charge in [-0.2, -0.15) is 0 Å². The van der Waals surface area contributed by atoms with Crippen molar-refractivity contribution in [1.29, 1.82) is 0 Å². The zero-order valence-electron chi connectivity index (χ0n) is 9.81. The summed E-state index contributed by atoms with van der Waals surface area (Å²) in [5.74, 6) is 1.00. The molecule has 1 aliphatic carbocycles. The highest BCUT2D eigenvalue weighted by molar-refractivity contribution is 5.68. The molecule has 0 unspecified atom stereocenters. The second-order valence-corrected chi connectivity index (χ2v) is 4.17. The smallest absolute Gasteiger partial charge is 0.333 e. The summed E-state index contributed by atoms with van der Waals surface area (Å²) in [6.07, 6.45) is 2.43. The number of para-hydroxylation sites is 1. The Kier molecular flexibility index (Phi) is 3.46. The standard InChI is InChI=1S/C12H16N2O3/c1-2-17-11-5-3-4-10(12(11)14(15)16)13-8-9-6-7-9/h3-5,9,13H,2,6-8H2,1H3. The fraction of sp³-hybridized carbons (Fsp3) is 0.500. The molecule has 17 heavy (non-hydrogen) atoms. The minimum absolute atomic E-state index is 0.0370. The zero-order chi connectivity index (χ0) is 12.3. The topological polar surface area (TPSA) is 64.4 Å². The molecular formula is C12H16N2O3. The van der Waals surface area contributed by atoms with Crippen LogP contribution in [0.5, 0.6) is 5.75 Å². The van der Waals surface area contributed by atoms with Gasteiger partial charge in [-0.3, -0.25) is 10.1 Å². The number of rotatable bonds is 6. The number of nitrogens with zero attached hydrogens (tertiary/aromatic N) is 1. The van der Waals surface area contributed by atoms with Gasteiger partial charge in [-0.25, -0.2) is 0 Å². The monoisotopic (exact) mass is 236 g/mol. The van der Waals surface area contributed by atoms with Crippen molar-refractivity contribution in [1.82, 2.24) is 0 Å². The van der Waals surface area contributed by atoms with Gasteiger partial charge in [0.05, 0.1) is 11.5 Å². The summed E-state index contributed by atoms with van der Waals surface area (Å²) in [6, 6.07) is 5.13. The quantitative estimate of drug-likeness (QED) is 0.609. The number of hydrogen-bond acceptors (Lipinski definition) is 4. The lowest BCUT2D eigenvalue weighted by Gasteiger charge is -2.09. The van der Waals surface area contributed by atoms with Gasteiger partial charge >= 0.3 is 5.69 Å². The van der Waals surface area contributed by atoms with Crippen molar-refractivity contribution in [3.63, 3.8) is 0 Å². The number of ether oxygens (including phenoxy) is 1. The van der Waals surface area contributed by atoms with Gasteiger partial charge in [-0.1, -0.05) is 6.07 Å². The Morgan fingerprint density at radius 3 is 2.88 bits per heavy atom. The first-order chi connectivity index (χ1) is 8.22. The van der Waals surface area contributed by atoms with E-state index in [0.717, 1.165) is 6.54 Å². The maximum Gasteiger partial charge on any atom is 0.333 e. The molecule has 0 heterocycles. The third kappa shape index (κ3) is 2.87. The third-order valence-electron chi connectivity index (χ3n) is 2.76. The lowest BCUT2D eigenvalue weighted by atomic mass is 10.2. The van der Waals surface area contributed by atoms with Crippen LogP contribution in [0.15, 0.2) is 18.2 Å². The van der Waals surface area contributed by atoms with Crippen LogP contribution in [0.4, 0.5) is 11.4 Å². The van der Waals surface area contributed by atoms with E-state index in [9.17, 15) is 10.1 Å². The minimum atomic E-state index is -0.389. The van der Waals surface area contributed by atoms with Gasteiger partial charge < -0.3 is 10.1 Å². The first-order valence-electron chi connectivity index (χ1n) is 5.86. The van der Waals surface area contributed by atoms with Crippen molar-refractivity contribution in [2.24, 2.45) is 5.92 Å². The SMILES string of the molecule is CCOc1cccc(NCC2CC2)c1[N+](=O)[O-]. The van der Waals surface area contributed by atoms with Crippen LogP contribution >= 0.6 is 0 Å². The van der Waals surface area contributed by atoms with Crippen molar-refractivity contribution in [3.8, 4) is 5.75 Å². The van der Waals surface area contributed by atoms with Gasteiger partial charge in [-0.15, -0.1) is 0 Å². The Morgan fingerprint density at radius 1 is 1.53 bits per heavy atom. The molecule has 1 aromatic rings. The maximum atomic E-state index is 11.1. The van der Waals surface area contributed by atoms with Crippen LogP contribution in [0.1, 0.15) is 19.8 Å². The summed E-state index contributed by atoms with van der Waals surface area (Å²) in [6.45, 7) is 3.04. The van der Waals surface area contributed by atoms with Gasteiger partial charge in [0.1, 0.15) is 5.69 Å². The molecular weight excluding hydrogens is 220 g/mol. The molecule has 0 saturated heterocycles. The molecule has 1 fully saturated rings. The van der Waals surface area contributed by atoms with E-state index in [1.54, 1.807) is 18.2 Å². The van der Waals surface area contributed by atoms with Gasteiger partial charge in [0, 0.05) is 6.54 Å². The van der Waals surface area contributed by atoms with E-state index in [-0.39, 0.29) is 10.6 Å². The first kappa shape index (κ1) is 11.7. The molecule has 5 heteroatoms. The molecule has 5 nitrogen and oxygen atoms in total. The van der Waals surface area contributed by atoms with Gasteiger partial charge in [0.25, 0.3) is 0 Å². The molecule has 92 valence electrons. The molecule has 1 N–H and O–H groups in total. The molecule has 0 aliphatic heterocycles. The Balaban J connectivity index is 2.21. The summed E-state index contributed by atoms with van der Waals surface area (Å²) >= 11 is 0. The van der Waals surface area contributed by atoms with Crippen molar-refractivity contribution >= 4 is 11.4 Å². The Hall–Kier alpha value is -1.78. The molecule has 0 amide bonds. The summed E-state index contributed by atoms with van der Waals surface area (Å²) in [4.78, 5) is 10.7. The molecule has 1 saturated carbocycles. The highest BCUT2D eigenvalue weighted by atomic mass is 16.6. The molecule has 0 radical (unpaired) electrons. The molecule has 0 spiro atoms. The number of nitro groups is 1. The second-order valence-electron chi connectivity index (χ2n) is 4.17. The second kappa shape index (κ2) is 5.03. The van der Waals surface area contributed by atoms with Crippen LogP contribution in [0.3, 0.4) is 0 Å². The van der Waals surface area contributed by atoms with Crippen LogP contribution in [0.25, 0.3) is 0 Å². The minimum Gasteiger partial charge on any atom is -0.487 e. The number of nitro benzene ring substituents is 1. The average molecular weight is 236 g/mol. The molecule has 1 aromatic carbocycles. The fourth-order valence-corrected chi connectivity index (χ4v) is 1.70. The number of hydrogen-bond donors (Lipinski definition) is 1. The Bertz CT molecular complexity index is 416. The van der Waals surface area contributed by atoms with Crippen LogP contribution in [0, 0.1) is 16.0 Å². The normalized spacial score (nSPS) is 14.4. The third-order valence-corrected chi connectivity index (χ3v) is 2.76. The van der Waals surface area contributed by atoms with Crippen molar-refractivity contribution in [2.75, 3.05) is 18.5 Å². The molecule has 0 atom stereocenters. The van der Waals surface area contributed by atoms with E-state index in [4.69, 9.17) is 4.74 Å².